The van der Waals surface area contributed by atoms with Gasteiger partial charge < -0.3 is 0 Å². The normalized spacial score (nSPS) is 11.3. The molecular weight excluding hydrogens is 270 g/mol. The van der Waals surface area contributed by atoms with Crippen LogP contribution in [-0.4, -0.2) is 7.57 Å². The molecule has 0 amide bonds. The Morgan fingerprint density at radius 1 is 0.571 bits per heavy atom. The Bertz CT molecular complexity index is 666. The van der Waals surface area contributed by atoms with Gasteiger partial charge in [0, 0.05) is 0 Å². The first-order valence-electron chi connectivity index (χ1n) is 7.07. The van der Waals surface area contributed by atoms with E-state index in [1.807, 2.05) is 12.1 Å². The van der Waals surface area contributed by atoms with Crippen LogP contribution in [-0.2, 0) is 0 Å². The SMILES string of the molecule is [B][P+](c1ccccc1)(c1ccccc1)c1ccc(C)cc1. The van der Waals surface area contributed by atoms with Crippen molar-refractivity contribution in [3.8, 4) is 0 Å². The van der Waals surface area contributed by atoms with Crippen LogP contribution in [0, 0.1) is 6.92 Å². The summed E-state index contributed by atoms with van der Waals surface area (Å²) in [5.41, 5.74) is 1.26. The Balaban J connectivity index is 2.23. The molecule has 0 N–H and O–H groups in total. The molecule has 0 unspecified atom stereocenters. The predicted molar refractivity (Wildman–Crippen MR) is 95.6 cm³/mol. The molecule has 100 valence electrons. The van der Waals surface area contributed by atoms with Crippen LogP contribution >= 0.6 is 7.14 Å². The van der Waals surface area contributed by atoms with Gasteiger partial charge in [-0.3, -0.25) is 0 Å². The highest BCUT2D eigenvalue weighted by atomic mass is 31.2. The Hall–Kier alpha value is -1.85. The number of aryl methyl sites for hydroxylation is 1. The van der Waals surface area contributed by atoms with Crippen molar-refractivity contribution in [2.45, 2.75) is 6.92 Å². The molecular formula is C19H17BP+. The smallest absolute Gasteiger partial charge is 0.0620 e. The fraction of sp³-hybridized carbons (Fsp3) is 0.0526. The average Bonchev–Trinajstić information content (AvgIpc) is 2.56. The second-order valence-corrected chi connectivity index (χ2v) is 8.22. The molecule has 0 bridgehead atoms. The van der Waals surface area contributed by atoms with Crippen LogP contribution in [0.4, 0.5) is 0 Å². The maximum absolute atomic E-state index is 7.02. The van der Waals surface area contributed by atoms with Gasteiger partial charge in [-0.2, -0.15) is 0 Å². The minimum Gasteiger partial charge on any atom is -0.0620 e. The lowest BCUT2D eigenvalue weighted by Gasteiger charge is -2.23. The molecule has 0 heterocycles. The second-order valence-electron chi connectivity index (χ2n) is 5.23. The molecule has 0 aliphatic heterocycles. The Morgan fingerprint density at radius 3 is 1.38 bits per heavy atom. The average molecular weight is 287 g/mol. The molecule has 2 heteroatoms. The van der Waals surface area contributed by atoms with Crippen molar-refractivity contribution in [2.75, 3.05) is 0 Å². The standard InChI is InChI=1S/C19H17BP/c1-16-12-14-19(15-13-16)21(20,17-8-4-2-5-9-17)18-10-6-3-7-11-18/h2-15H,1H3/q+1. The summed E-state index contributed by atoms with van der Waals surface area (Å²) in [4.78, 5) is 0. The summed E-state index contributed by atoms with van der Waals surface area (Å²) >= 11 is 0. The molecule has 0 fully saturated rings. The van der Waals surface area contributed by atoms with E-state index in [1.165, 1.54) is 21.5 Å². The van der Waals surface area contributed by atoms with Gasteiger partial charge in [0.15, 0.2) is 0 Å². The third kappa shape index (κ3) is 2.67. The minimum absolute atomic E-state index is 1.21. The molecule has 0 aromatic heterocycles. The second kappa shape index (κ2) is 5.88. The maximum atomic E-state index is 7.02. The zero-order valence-corrected chi connectivity index (χ0v) is 13.0. The van der Waals surface area contributed by atoms with Gasteiger partial charge in [0.1, 0.15) is 0 Å². The summed E-state index contributed by atoms with van der Waals surface area (Å²) < 4.78 is 0. The van der Waals surface area contributed by atoms with Gasteiger partial charge >= 0.3 is 7.57 Å². The zero-order valence-electron chi connectivity index (χ0n) is 12.1. The molecule has 0 aliphatic carbocycles. The van der Waals surface area contributed by atoms with Crippen LogP contribution < -0.4 is 15.9 Å². The Labute approximate surface area is 128 Å². The van der Waals surface area contributed by atoms with E-state index in [2.05, 4.69) is 79.7 Å². The van der Waals surface area contributed by atoms with Crippen LogP contribution in [0.2, 0.25) is 0 Å². The molecule has 3 aromatic carbocycles. The molecule has 0 spiro atoms. The summed E-state index contributed by atoms with van der Waals surface area (Å²) in [6.07, 6.45) is 0. The van der Waals surface area contributed by atoms with Gasteiger partial charge in [0.2, 0.25) is 0 Å². The maximum Gasteiger partial charge on any atom is 0.383 e. The van der Waals surface area contributed by atoms with Gasteiger partial charge in [-0.05, 0) is 43.3 Å². The topological polar surface area (TPSA) is 0 Å². The first-order valence-corrected chi connectivity index (χ1v) is 8.93. The van der Waals surface area contributed by atoms with Crippen molar-refractivity contribution in [2.24, 2.45) is 0 Å². The van der Waals surface area contributed by atoms with E-state index < -0.39 is 7.14 Å². The molecule has 3 aromatic rings. The highest BCUT2D eigenvalue weighted by Gasteiger charge is 2.39. The van der Waals surface area contributed by atoms with Gasteiger partial charge in [-0.1, -0.05) is 54.1 Å². The van der Waals surface area contributed by atoms with Crippen LogP contribution in [0.1, 0.15) is 5.56 Å². The third-order valence-electron chi connectivity index (χ3n) is 3.77. The van der Waals surface area contributed by atoms with Gasteiger partial charge in [0.05, 0.1) is 23.1 Å². The molecule has 0 atom stereocenters. The van der Waals surface area contributed by atoms with Crippen molar-refractivity contribution in [3.63, 3.8) is 0 Å². The molecule has 0 nitrogen and oxygen atoms in total. The van der Waals surface area contributed by atoms with Gasteiger partial charge in [0.25, 0.3) is 0 Å². The zero-order chi connectivity index (χ0) is 14.7. The highest BCUT2D eigenvalue weighted by molar-refractivity contribution is 8.13. The van der Waals surface area contributed by atoms with E-state index in [4.69, 9.17) is 7.57 Å². The molecule has 3 rings (SSSR count). The predicted octanol–water partition coefficient (Wildman–Crippen LogP) is 3.37. The fourth-order valence-electron chi connectivity index (χ4n) is 2.55. The van der Waals surface area contributed by atoms with Crippen molar-refractivity contribution in [1.29, 1.82) is 0 Å². The number of rotatable bonds is 3. The Kier molecular flexibility index (Phi) is 3.95. The van der Waals surface area contributed by atoms with Gasteiger partial charge in [-0.25, -0.2) is 0 Å². The quantitative estimate of drug-likeness (QED) is 0.512. The number of benzene rings is 3. The van der Waals surface area contributed by atoms with E-state index in [0.29, 0.717) is 0 Å². The lowest BCUT2D eigenvalue weighted by Crippen LogP contribution is -2.31. The number of hydrogen-bond donors (Lipinski definition) is 0. The van der Waals surface area contributed by atoms with Crippen LogP contribution in [0.25, 0.3) is 0 Å². The van der Waals surface area contributed by atoms with Crippen molar-refractivity contribution >= 4 is 30.6 Å². The van der Waals surface area contributed by atoms with Crippen LogP contribution in [0.5, 0.6) is 0 Å². The molecule has 0 aliphatic rings. The number of hydrogen-bond acceptors (Lipinski definition) is 0. The van der Waals surface area contributed by atoms with Crippen LogP contribution in [0.15, 0.2) is 84.9 Å². The first kappa shape index (κ1) is 14.1. The van der Waals surface area contributed by atoms with Gasteiger partial charge in [-0.15, -0.1) is 0 Å². The van der Waals surface area contributed by atoms with E-state index in [9.17, 15) is 0 Å². The summed E-state index contributed by atoms with van der Waals surface area (Å²) in [5.74, 6) is 0. The van der Waals surface area contributed by atoms with Crippen molar-refractivity contribution in [1.82, 2.24) is 0 Å². The fourth-order valence-corrected chi connectivity index (χ4v) is 5.35. The lowest BCUT2D eigenvalue weighted by molar-refractivity contribution is 1.49. The highest BCUT2D eigenvalue weighted by Crippen LogP contribution is 2.50. The summed E-state index contributed by atoms with van der Waals surface area (Å²) in [5, 5.41) is 3.63. The largest absolute Gasteiger partial charge is 0.383 e. The van der Waals surface area contributed by atoms with Crippen molar-refractivity contribution in [3.05, 3.63) is 90.5 Å². The minimum atomic E-state index is -2.05. The summed E-state index contributed by atoms with van der Waals surface area (Å²) in [6.45, 7) is 2.10. The van der Waals surface area contributed by atoms with E-state index >= 15 is 0 Å². The van der Waals surface area contributed by atoms with E-state index in [1.54, 1.807) is 0 Å². The molecule has 0 saturated carbocycles. The van der Waals surface area contributed by atoms with E-state index in [-0.39, 0.29) is 0 Å². The molecule has 21 heavy (non-hydrogen) atoms. The summed E-state index contributed by atoms with van der Waals surface area (Å²) in [7, 11) is 4.98. The monoisotopic (exact) mass is 287 g/mol. The van der Waals surface area contributed by atoms with Crippen LogP contribution in [0.3, 0.4) is 0 Å². The molecule has 2 radical (unpaired) electrons. The van der Waals surface area contributed by atoms with E-state index in [0.717, 1.165) is 0 Å². The molecule has 0 saturated heterocycles. The summed E-state index contributed by atoms with van der Waals surface area (Å²) in [6, 6.07) is 29.5. The third-order valence-corrected chi connectivity index (χ3v) is 7.11. The Morgan fingerprint density at radius 2 is 0.952 bits per heavy atom. The van der Waals surface area contributed by atoms with Crippen molar-refractivity contribution < 1.29 is 0 Å². The first-order chi connectivity index (χ1) is 10.2. The lowest BCUT2D eigenvalue weighted by atomic mass is 10.2.